The van der Waals surface area contributed by atoms with Crippen LogP contribution in [0.3, 0.4) is 0 Å². The van der Waals surface area contributed by atoms with Gasteiger partial charge in [-0.15, -0.1) is 0 Å². The van der Waals surface area contributed by atoms with Gasteiger partial charge in [0, 0.05) is 17.8 Å². The van der Waals surface area contributed by atoms with Crippen LogP contribution < -0.4 is 16.0 Å². The summed E-state index contributed by atoms with van der Waals surface area (Å²) in [5, 5.41) is 9.12. The van der Waals surface area contributed by atoms with Crippen molar-refractivity contribution in [1.29, 1.82) is 0 Å². The Kier molecular flexibility index (Phi) is 6.07. The number of carbonyl (C=O) groups is 2. The molecule has 1 aromatic heterocycles. The second kappa shape index (κ2) is 8.67. The van der Waals surface area contributed by atoms with E-state index in [4.69, 9.17) is 4.42 Å². The van der Waals surface area contributed by atoms with Gasteiger partial charge in [-0.3, -0.25) is 9.59 Å². The summed E-state index contributed by atoms with van der Waals surface area (Å²) in [6.45, 7) is 4.20. The fraction of sp³-hybridized carbons (Fsp3) is 0.400. The number of nitrogens with one attached hydrogen (secondary N) is 3. The Balaban J connectivity index is 1.54. The second-order valence-corrected chi connectivity index (χ2v) is 6.88. The molecule has 0 aliphatic carbocycles. The third kappa shape index (κ3) is 4.95. The number of hydrogen-bond acceptors (Lipinski definition) is 4. The molecular formula is C20H25N3O3. The Bertz CT molecular complexity index is 737. The molecule has 6 heteroatoms. The minimum Gasteiger partial charge on any atom is -0.472 e. The number of amides is 2. The van der Waals surface area contributed by atoms with Gasteiger partial charge in [-0.2, -0.15) is 0 Å². The average Bonchev–Trinajstić information content (AvgIpc) is 3.17. The molecule has 1 aromatic carbocycles. The van der Waals surface area contributed by atoms with E-state index in [1.165, 1.54) is 25.4 Å². The van der Waals surface area contributed by atoms with Crippen LogP contribution in [0.15, 0.2) is 47.3 Å². The molecule has 3 N–H and O–H groups in total. The van der Waals surface area contributed by atoms with E-state index in [1.54, 1.807) is 24.3 Å². The molecule has 1 saturated heterocycles. The molecule has 1 aliphatic rings. The van der Waals surface area contributed by atoms with Crippen LogP contribution in [-0.4, -0.2) is 24.9 Å². The first kappa shape index (κ1) is 18.2. The fourth-order valence-corrected chi connectivity index (χ4v) is 3.31. The second-order valence-electron chi connectivity index (χ2n) is 6.88. The molecule has 6 nitrogen and oxygen atoms in total. The van der Waals surface area contributed by atoms with Crippen molar-refractivity contribution in [2.75, 3.05) is 23.7 Å². The number of piperidine rings is 1. The van der Waals surface area contributed by atoms with Crippen LogP contribution >= 0.6 is 0 Å². The molecule has 0 radical (unpaired) electrons. The summed E-state index contributed by atoms with van der Waals surface area (Å²) in [6.07, 6.45) is 5.70. The molecule has 0 spiro atoms. The molecular weight excluding hydrogens is 330 g/mol. The third-order valence-corrected chi connectivity index (χ3v) is 4.83. The van der Waals surface area contributed by atoms with Crippen LogP contribution in [0, 0.1) is 11.8 Å². The summed E-state index contributed by atoms with van der Waals surface area (Å²) < 4.78 is 4.91. The Morgan fingerprint density at radius 2 is 2.08 bits per heavy atom. The van der Waals surface area contributed by atoms with Crippen molar-refractivity contribution in [3.8, 4) is 0 Å². The van der Waals surface area contributed by atoms with Crippen LogP contribution in [0.4, 0.5) is 11.4 Å². The number of benzene rings is 1. The van der Waals surface area contributed by atoms with Crippen molar-refractivity contribution in [2.45, 2.75) is 26.2 Å². The van der Waals surface area contributed by atoms with Gasteiger partial charge >= 0.3 is 0 Å². The highest BCUT2D eigenvalue weighted by atomic mass is 16.3. The summed E-state index contributed by atoms with van der Waals surface area (Å²) in [5.41, 5.74) is 1.75. The van der Waals surface area contributed by atoms with Crippen LogP contribution in [0.5, 0.6) is 0 Å². The van der Waals surface area contributed by atoms with Crippen LogP contribution in [0.25, 0.3) is 0 Å². The van der Waals surface area contributed by atoms with Crippen molar-refractivity contribution in [1.82, 2.24) is 5.32 Å². The Morgan fingerprint density at radius 3 is 2.77 bits per heavy atom. The first-order chi connectivity index (χ1) is 12.6. The Morgan fingerprint density at radius 1 is 1.27 bits per heavy atom. The van der Waals surface area contributed by atoms with E-state index in [-0.39, 0.29) is 11.8 Å². The molecule has 1 aliphatic heterocycles. The summed E-state index contributed by atoms with van der Waals surface area (Å²) in [7, 11) is 0. The lowest BCUT2D eigenvalue weighted by Crippen LogP contribution is -2.34. The van der Waals surface area contributed by atoms with Crippen LogP contribution in [0.2, 0.25) is 0 Å². The van der Waals surface area contributed by atoms with Crippen LogP contribution in [-0.2, 0) is 4.79 Å². The molecule has 2 amide bonds. The summed E-state index contributed by atoms with van der Waals surface area (Å²) in [5.74, 6) is 0.642. The highest BCUT2D eigenvalue weighted by molar-refractivity contribution is 6.04. The number of carbonyl (C=O) groups excluding carboxylic acids is 2. The van der Waals surface area contributed by atoms with E-state index in [2.05, 4.69) is 22.9 Å². The Labute approximate surface area is 153 Å². The maximum Gasteiger partial charge on any atom is 0.258 e. The van der Waals surface area contributed by atoms with E-state index >= 15 is 0 Å². The van der Waals surface area contributed by atoms with Crippen molar-refractivity contribution < 1.29 is 14.0 Å². The zero-order chi connectivity index (χ0) is 18.4. The minimum atomic E-state index is -0.249. The number of furan rings is 1. The normalized spacial score (nSPS) is 18.1. The van der Waals surface area contributed by atoms with E-state index in [9.17, 15) is 9.59 Å². The first-order valence-electron chi connectivity index (χ1n) is 9.06. The number of hydrogen-bond donors (Lipinski definition) is 3. The van der Waals surface area contributed by atoms with Crippen molar-refractivity contribution in [3.05, 3.63) is 48.4 Å². The predicted octanol–water partition coefficient (Wildman–Crippen LogP) is 3.50. The van der Waals surface area contributed by atoms with Gasteiger partial charge in [0.1, 0.15) is 6.26 Å². The minimum absolute atomic E-state index is 0.00128. The summed E-state index contributed by atoms with van der Waals surface area (Å²) >= 11 is 0. The molecule has 0 bridgehead atoms. The lowest BCUT2D eigenvalue weighted by atomic mass is 9.85. The number of rotatable bonds is 6. The van der Waals surface area contributed by atoms with E-state index in [1.807, 2.05) is 6.07 Å². The molecule has 2 heterocycles. The molecule has 2 unspecified atom stereocenters. The van der Waals surface area contributed by atoms with Crippen molar-refractivity contribution in [3.63, 3.8) is 0 Å². The molecule has 138 valence electrons. The van der Waals surface area contributed by atoms with Gasteiger partial charge in [0.2, 0.25) is 5.91 Å². The lowest BCUT2D eigenvalue weighted by molar-refractivity contribution is -0.117. The van der Waals surface area contributed by atoms with Crippen molar-refractivity contribution in [2.24, 2.45) is 11.8 Å². The fourth-order valence-electron chi connectivity index (χ4n) is 3.31. The van der Waals surface area contributed by atoms with Gasteiger partial charge in [0.25, 0.3) is 5.91 Å². The van der Waals surface area contributed by atoms with Gasteiger partial charge < -0.3 is 20.4 Å². The Hall–Kier alpha value is -2.60. The standard InChI is InChI=1S/C20H25N3O3/c1-14(15-4-3-8-21-12-15)10-19(24)22-17-5-2-6-18(11-17)23-20(25)16-7-9-26-13-16/h2,5-7,9,11,13-15,21H,3-4,8,10,12H2,1H3,(H,22,24)(H,23,25). The molecule has 0 saturated carbocycles. The quantitative estimate of drug-likeness (QED) is 0.741. The lowest BCUT2D eigenvalue weighted by Gasteiger charge is -2.28. The summed E-state index contributed by atoms with van der Waals surface area (Å²) in [4.78, 5) is 24.4. The maximum absolute atomic E-state index is 12.4. The van der Waals surface area contributed by atoms with Crippen LogP contribution in [0.1, 0.15) is 36.5 Å². The van der Waals surface area contributed by atoms with Gasteiger partial charge in [-0.05, 0) is 62.0 Å². The van der Waals surface area contributed by atoms with Crippen molar-refractivity contribution >= 4 is 23.2 Å². The summed E-state index contributed by atoms with van der Waals surface area (Å²) in [6, 6.07) is 8.75. The predicted molar refractivity (Wildman–Crippen MR) is 101 cm³/mol. The maximum atomic E-state index is 12.4. The number of anilines is 2. The molecule has 26 heavy (non-hydrogen) atoms. The SMILES string of the molecule is CC(CC(=O)Nc1cccc(NC(=O)c2ccoc2)c1)C1CCCNC1. The van der Waals surface area contributed by atoms with Gasteiger partial charge in [0.05, 0.1) is 11.8 Å². The monoisotopic (exact) mass is 355 g/mol. The topological polar surface area (TPSA) is 83.4 Å². The zero-order valence-electron chi connectivity index (χ0n) is 15.0. The van der Waals surface area contributed by atoms with E-state index in [0.717, 1.165) is 13.1 Å². The molecule has 3 rings (SSSR count). The van der Waals surface area contributed by atoms with Gasteiger partial charge in [-0.25, -0.2) is 0 Å². The first-order valence-corrected chi connectivity index (χ1v) is 9.06. The van der Waals surface area contributed by atoms with Gasteiger partial charge in [-0.1, -0.05) is 13.0 Å². The highest BCUT2D eigenvalue weighted by Crippen LogP contribution is 2.23. The molecule has 2 atom stereocenters. The highest BCUT2D eigenvalue weighted by Gasteiger charge is 2.22. The largest absolute Gasteiger partial charge is 0.472 e. The molecule has 1 fully saturated rings. The molecule has 2 aromatic rings. The van der Waals surface area contributed by atoms with E-state index in [0.29, 0.717) is 35.2 Å². The average molecular weight is 355 g/mol. The van der Waals surface area contributed by atoms with E-state index < -0.39 is 0 Å². The third-order valence-electron chi connectivity index (χ3n) is 4.83. The zero-order valence-corrected chi connectivity index (χ0v) is 15.0. The smallest absolute Gasteiger partial charge is 0.258 e. The van der Waals surface area contributed by atoms with Gasteiger partial charge in [0.15, 0.2) is 0 Å².